The van der Waals surface area contributed by atoms with Crippen LogP contribution in [0.4, 0.5) is 0 Å². The average Bonchev–Trinajstić information content (AvgIpc) is 2.18. The van der Waals surface area contributed by atoms with E-state index in [0.29, 0.717) is 0 Å². The summed E-state index contributed by atoms with van der Waals surface area (Å²) in [7, 11) is 0. The lowest BCUT2D eigenvalue weighted by Gasteiger charge is -2.42. The third kappa shape index (κ3) is 4.67. The molecule has 0 saturated heterocycles. The molecule has 104 valence electrons. The first-order valence-electron chi connectivity index (χ1n) is 6.79. The highest BCUT2D eigenvalue weighted by Gasteiger charge is 2.36. The third-order valence-electron chi connectivity index (χ3n) is 3.37. The summed E-state index contributed by atoms with van der Waals surface area (Å²) in [4.78, 5) is 23.2. The van der Waals surface area contributed by atoms with Crippen molar-refractivity contribution >= 4 is 11.9 Å². The molecule has 0 aliphatic heterocycles. The van der Waals surface area contributed by atoms with E-state index >= 15 is 0 Å². The Morgan fingerprint density at radius 2 is 1.83 bits per heavy atom. The van der Waals surface area contributed by atoms with Gasteiger partial charge < -0.3 is 10.1 Å². The second kappa shape index (κ2) is 5.72. The Morgan fingerprint density at radius 1 is 1.22 bits per heavy atom. The number of nitrogens with one attached hydrogen (secondary N) is 1. The van der Waals surface area contributed by atoms with Crippen LogP contribution in [0, 0.1) is 0 Å². The fraction of sp³-hybridized carbons (Fsp3) is 0.857. The number of hydrogen-bond donors (Lipinski definition) is 1. The number of carbonyl (C=O) groups excluding carboxylic acids is 2. The van der Waals surface area contributed by atoms with Gasteiger partial charge >= 0.3 is 5.97 Å². The fourth-order valence-electron chi connectivity index (χ4n) is 2.14. The number of amides is 1. The normalized spacial score (nSPS) is 17.8. The minimum absolute atomic E-state index is 0.00498. The molecule has 18 heavy (non-hydrogen) atoms. The zero-order valence-corrected chi connectivity index (χ0v) is 12.0. The van der Waals surface area contributed by atoms with Gasteiger partial charge in [-0.15, -0.1) is 0 Å². The molecule has 1 rings (SSSR count). The van der Waals surface area contributed by atoms with Crippen LogP contribution in [0.2, 0.25) is 0 Å². The summed E-state index contributed by atoms with van der Waals surface area (Å²) in [5.41, 5.74) is -0.475. The number of rotatable bonds is 5. The highest BCUT2D eigenvalue weighted by atomic mass is 16.6. The molecule has 0 aromatic carbocycles. The molecule has 4 heteroatoms. The van der Waals surface area contributed by atoms with Crippen LogP contribution in [0.3, 0.4) is 0 Å². The predicted molar refractivity (Wildman–Crippen MR) is 70.1 cm³/mol. The van der Waals surface area contributed by atoms with Gasteiger partial charge in [-0.2, -0.15) is 0 Å². The maximum atomic E-state index is 11.8. The van der Waals surface area contributed by atoms with E-state index in [1.807, 2.05) is 20.8 Å². The van der Waals surface area contributed by atoms with Crippen molar-refractivity contribution in [1.29, 1.82) is 0 Å². The molecule has 0 spiro atoms. The lowest BCUT2D eigenvalue weighted by molar-refractivity contribution is -0.155. The van der Waals surface area contributed by atoms with Crippen molar-refractivity contribution in [2.45, 2.75) is 77.4 Å². The van der Waals surface area contributed by atoms with E-state index in [2.05, 4.69) is 12.2 Å². The van der Waals surface area contributed by atoms with Crippen LogP contribution in [0.25, 0.3) is 0 Å². The summed E-state index contributed by atoms with van der Waals surface area (Å²) < 4.78 is 5.17. The molecule has 0 heterocycles. The van der Waals surface area contributed by atoms with Crippen LogP contribution >= 0.6 is 0 Å². The van der Waals surface area contributed by atoms with Gasteiger partial charge in [0.05, 0.1) is 6.42 Å². The van der Waals surface area contributed by atoms with E-state index < -0.39 is 5.60 Å². The zero-order valence-electron chi connectivity index (χ0n) is 12.0. The molecule has 0 bridgehead atoms. The van der Waals surface area contributed by atoms with Gasteiger partial charge in [0.2, 0.25) is 5.91 Å². The van der Waals surface area contributed by atoms with Gasteiger partial charge in [-0.05, 0) is 46.5 Å². The Hall–Kier alpha value is -1.06. The molecule has 1 aliphatic rings. The minimum atomic E-state index is -0.480. The number of carbonyl (C=O) groups is 2. The molecular formula is C14H25NO3. The molecule has 0 radical (unpaired) electrons. The quantitative estimate of drug-likeness (QED) is 0.768. The Labute approximate surface area is 109 Å². The second-order valence-electron chi connectivity index (χ2n) is 6.12. The lowest BCUT2D eigenvalue weighted by Crippen LogP contribution is -2.53. The maximum absolute atomic E-state index is 11.8. The molecule has 4 nitrogen and oxygen atoms in total. The number of hydrogen-bond acceptors (Lipinski definition) is 3. The van der Waals surface area contributed by atoms with E-state index in [1.165, 1.54) is 6.42 Å². The molecule has 0 atom stereocenters. The van der Waals surface area contributed by atoms with Crippen molar-refractivity contribution in [3.05, 3.63) is 0 Å². The van der Waals surface area contributed by atoms with E-state index in [0.717, 1.165) is 19.3 Å². The SMILES string of the molecule is CCC1(NC(=O)CCC(=O)OC(C)(C)C)CCC1. The smallest absolute Gasteiger partial charge is 0.306 e. The first kappa shape index (κ1) is 15.0. The summed E-state index contributed by atoms with van der Waals surface area (Å²) >= 11 is 0. The van der Waals surface area contributed by atoms with Crippen LogP contribution in [-0.2, 0) is 14.3 Å². The second-order valence-corrected chi connectivity index (χ2v) is 6.12. The van der Waals surface area contributed by atoms with E-state index in [-0.39, 0.29) is 30.3 Å². The predicted octanol–water partition coefficient (Wildman–Crippen LogP) is 2.56. The van der Waals surface area contributed by atoms with Crippen LogP contribution in [0.5, 0.6) is 0 Å². The van der Waals surface area contributed by atoms with Gasteiger partial charge in [0.15, 0.2) is 0 Å². The van der Waals surface area contributed by atoms with Gasteiger partial charge in [0, 0.05) is 12.0 Å². The van der Waals surface area contributed by atoms with Crippen LogP contribution < -0.4 is 5.32 Å². The summed E-state index contributed by atoms with van der Waals surface area (Å²) in [6.07, 6.45) is 4.63. The number of ether oxygens (including phenoxy) is 1. The topological polar surface area (TPSA) is 55.4 Å². The zero-order chi connectivity index (χ0) is 13.8. The van der Waals surface area contributed by atoms with Crippen molar-refractivity contribution in [3.63, 3.8) is 0 Å². The Balaban J connectivity index is 2.27. The van der Waals surface area contributed by atoms with Gasteiger partial charge in [0.1, 0.15) is 5.60 Å². The van der Waals surface area contributed by atoms with Crippen LogP contribution in [0.1, 0.15) is 66.2 Å². The fourth-order valence-corrected chi connectivity index (χ4v) is 2.14. The van der Waals surface area contributed by atoms with Gasteiger partial charge in [-0.1, -0.05) is 6.92 Å². The molecule has 1 saturated carbocycles. The molecule has 0 aromatic rings. The maximum Gasteiger partial charge on any atom is 0.306 e. The molecule has 0 aromatic heterocycles. The lowest BCUT2D eigenvalue weighted by atomic mass is 9.75. The first-order chi connectivity index (χ1) is 8.26. The Morgan fingerprint density at radius 3 is 2.22 bits per heavy atom. The van der Waals surface area contributed by atoms with Crippen molar-refractivity contribution in [3.8, 4) is 0 Å². The van der Waals surface area contributed by atoms with E-state index in [9.17, 15) is 9.59 Å². The average molecular weight is 255 g/mol. The Kier molecular flexibility index (Phi) is 4.77. The molecule has 1 amide bonds. The van der Waals surface area contributed by atoms with Gasteiger partial charge in [-0.3, -0.25) is 9.59 Å². The summed E-state index contributed by atoms with van der Waals surface area (Å²) in [6.45, 7) is 7.57. The highest BCUT2D eigenvalue weighted by Crippen LogP contribution is 2.34. The molecule has 1 aliphatic carbocycles. The van der Waals surface area contributed by atoms with Crippen molar-refractivity contribution in [2.24, 2.45) is 0 Å². The van der Waals surface area contributed by atoms with Crippen molar-refractivity contribution in [2.75, 3.05) is 0 Å². The van der Waals surface area contributed by atoms with Gasteiger partial charge in [-0.25, -0.2) is 0 Å². The number of esters is 1. The Bertz CT molecular complexity index is 308. The monoisotopic (exact) mass is 255 g/mol. The van der Waals surface area contributed by atoms with Crippen molar-refractivity contribution in [1.82, 2.24) is 5.32 Å². The molecular weight excluding hydrogens is 230 g/mol. The standard InChI is InChI=1S/C14H25NO3/c1-5-14(9-6-10-14)15-11(16)7-8-12(17)18-13(2,3)4/h5-10H2,1-4H3,(H,15,16). The largest absolute Gasteiger partial charge is 0.460 e. The minimum Gasteiger partial charge on any atom is -0.460 e. The van der Waals surface area contributed by atoms with E-state index in [4.69, 9.17) is 4.74 Å². The van der Waals surface area contributed by atoms with Crippen LogP contribution in [-0.4, -0.2) is 23.0 Å². The molecule has 0 unspecified atom stereocenters. The van der Waals surface area contributed by atoms with Crippen molar-refractivity contribution < 1.29 is 14.3 Å². The highest BCUT2D eigenvalue weighted by molar-refractivity contribution is 5.82. The molecule has 1 fully saturated rings. The summed E-state index contributed by atoms with van der Waals surface area (Å²) in [6, 6.07) is 0. The third-order valence-corrected chi connectivity index (χ3v) is 3.37. The summed E-state index contributed by atoms with van der Waals surface area (Å²) in [5, 5.41) is 3.05. The molecule has 1 N–H and O–H groups in total. The van der Waals surface area contributed by atoms with E-state index in [1.54, 1.807) is 0 Å². The van der Waals surface area contributed by atoms with Gasteiger partial charge in [0.25, 0.3) is 0 Å². The van der Waals surface area contributed by atoms with Crippen LogP contribution in [0.15, 0.2) is 0 Å². The summed E-state index contributed by atoms with van der Waals surface area (Å²) in [5.74, 6) is -0.348. The first-order valence-corrected chi connectivity index (χ1v) is 6.79.